The average molecular weight is 130 g/mol. The second kappa shape index (κ2) is 2.17. The lowest BCUT2D eigenvalue weighted by Gasteiger charge is -2.06. The summed E-state index contributed by atoms with van der Waals surface area (Å²) in [5, 5.41) is 3.39. The molecule has 1 aliphatic heterocycles. The Morgan fingerprint density at radius 2 is 2.62 bits per heavy atom. The molecule has 1 N–H and O–H groups in total. The predicted octanol–water partition coefficient (Wildman–Crippen LogP) is 0.819. The lowest BCUT2D eigenvalue weighted by atomic mass is 10.8. The molecule has 0 aliphatic carbocycles. The number of amides is 2. The van der Waals surface area contributed by atoms with Crippen LogP contribution in [0.4, 0.5) is 4.79 Å². The summed E-state index contributed by atoms with van der Waals surface area (Å²) in [6, 6.07) is -0.221. The smallest absolute Gasteiger partial charge is 0.327 e. The molecule has 4 heteroatoms. The van der Waals surface area contributed by atoms with E-state index in [2.05, 4.69) is 10.3 Å². The van der Waals surface area contributed by atoms with Gasteiger partial charge in [-0.05, 0) is 6.92 Å². The van der Waals surface area contributed by atoms with E-state index >= 15 is 0 Å². The molecule has 0 unspecified atom stereocenters. The molecule has 0 saturated heterocycles. The number of aliphatic imine (C=N–C) groups is 1. The van der Waals surface area contributed by atoms with Gasteiger partial charge in [-0.15, -0.1) is 0 Å². The van der Waals surface area contributed by atoms with Crippen molar-refractivity contribution in [3.05, 3.63) is 0 Å². The zero-order valence-electron chi connectivity index (χ0n) is 4.47. The summed E-state index contributed by atoms with van der Waals surface area (Å²) < 4.78 is 0. The maximum Gasteiger partial charge on any atom is 0.342 e. The van der Waals surface area contributed by atoms with Gasteiger partial charge in [0, 0.05) is 0 Å². The van der Waals surface area contributed by atoms with E-state index in [9.17, 15) is 4.79 Å². The molecule has 0 spiro atoms. The normalized spacial score (nSPS) is 19.6. The number of urea groups is 1. The van der Waals surface area contributed by atoms with Crippen molar-refractivity contribution in [2.75, 3.05) is 5.88 Å². The van der Waals surface area contributed by atoms with Crippen molar-refractivity contribution in [1.29, 1.82) is 0 Å². The first-order valence-corrected chi connectivity index (χ1v) is 3.23. The van der Waals surface area contributed by atoms with E-state index in [-0.39, 0.29) is 6.03 Å². The third-order valence-electron chi connectivity index (χ3n) is 0.763. The number of thioether (sulfide) groups is 1. The summed E-state index contributed by atoms with van der Waals surface area (Å²) in [5.41, 5.74) is 0. The Bertz CT molecular complexity index is 143. The highest BCUT2D eigenvalue weighted by atomic mass is 32.2. The van der Waals surface area contributed by atoms with Crippen LogP contribution >= 0.6 is 11.8 Å². The summed E-state index contributed by atoms with van der Waals surface area (Å²) in [5.74, 6) is 0.661. The zero-order valence-corrected chi connectivity index (χ0v) is 5.29. The van der Waals surface area contributed by atoms with Crippen LogP contribution in [0.2, 0.25) is 0 Å². The van der Waals surface area contributed by atoms with Crippen LogP contribution < -0.4 is 5.32 Å². The van der Waals surface area contributed by atoms with Gasteiger partial charge in [-0.25, -0.2) is 4.79 Å². The molecule has 3 nitrogen and oxygen atoms in total. The van der Waals surface area contributed by atoms with Crippen LogP contribution in [0.3, 0.4) is 0 Å². The van der Waals surface area contributed by atoms with Gasteiger partial charge in [0.2, 0.25) is 0 Å². The number of nitrogens with zero attached hydrogens (tertiary/aromatic N) is 1. The quantitative estimate of drug-likeness (QED) is 0.527. The standard InChI is InChI=1S/C4H6N2OS/c1-3-6-4(7)5-2-8-3/h2H2,1H3,(H,5,7). The highest BCUT2D eigenvalue weighted by molar-refractivity contribution is 8.13. The molecular formula is C4H6N2OS. The maximum absolute atomic E-state index is 10.4. The van der Waals surface area contributed by atoms with E-state index in [0.717, 1.165) is 5.04 Å². The molecule has 0 radical (unpaired) electrons. The summed E-state index contributed by atoms with van der Waals surface area (Å²) in [6.07, 6.45) is 0. The van der Waals surface area contributed by atoms with Crippen molar-refractivity contribution in [3.63, 3.8) is 0 Å². The molecule has 1 rings (SSSR count). The SMILES string of the molecule is CC1=NC(=O)NCS1. The summed E-state index contributed by atoms with van der Waals surface area (Å²) in [7, 11) is 0. The molecule has 0 atom stereocenters. The molecule has 1 aliphatic rings. The highest BCUT2D eigenvalue weighted by Gasteiger charge is 2.04. The Labute approximate surface area is 51.6 Å². The third-order valence-corrected chi connectivity index (χ3v) is 1.56. The van der Waals surface area contributed by atoms with Crippen LogP contribution in [0.25, 0.3) is 0 Å². The van der Waals surface area contributed by atoms with E-state index in [1.165, 1.54) is 11.8 Å². The molecule has 0 bridgehead atoms. The predicted molar refractivity (Wildman–Crippen MR) is 34.1 cm³/mol. The van der Waals surface area contributed by atoms with E-state index in [1.807, 2.05) is 6.92 Å². The molecule has 0 aromatic carbocycles. The first-order chi connectivity index (χ1) is 3.79. The number of nitrogens with one attached hydrogen (secondary N) is 1. The third kappa shape index (κ3) is 1.23. The van der Waals surface area contributed by atoms with Gasteiger partial charge in [0.25, 0.3) is 0 Å². The maximum atomic E-state index is 10.4. The lowest BCUT2D eigenvalue weighted by molar-refractivity contribution is 0.250. The average Bonchev–Trinajstić information content (AvgIpc) is 1.64. The number of hydrogen-bond acceptors (Lipinski definition) is 2. The van der Waals surface area contributed by atoms with Gasteiger partial charge in [-0.1, -0.05) is 11.8 Å². The molecule has 0 aromatic rings. The fourth-order valence-electron chi connectivity index (χ4n) is 0.417. The molecule has 44 valence electrons. The van der Waals surface area contributed by atoms with Crippen LogP contribution in [0.1, 0.15) is 6.92 Å². The first kappa shape index (κ1) is 5.62. The van der Waals surface area contributed by atoms with Gasteiger partial charge in [0.1, 0.15) is 0 Å². The van der Waals surface area contributed by atoms with Gasteiger partial charge >= 0.3 is 6.03 Å². The number of hydrogen-bond donors (Lipinski definition) is 1. The van der Waals surface area contributed by atoms with E-state index in [0.29, 0.717) is 5.88 Å². The van der Waals surface area contributed by atoms with E-state index in [4.69, 9.17) is 0 Å². The summed E-state index contributed by atoms with van der Waals surface area (Å²) in [6.45, 7) is 1.82. The molecule has 0 saturated carbocycles. The minimum atomic E-state index is -0.221. The van der Waals surface area contributed by atoms with E-state index in [1.54, 1.807) is 0 Å². The van der Waals surface area contributed by atoms with Crippen LogP contribution in [-0.2, 0) is 0 Å². The topological polar surface area (TPSA) is 41.5 Å². The monoisotopic (exact) mass is 130 g/mol. The van der Waals surface area contributed by atoms with Gasteiger partial charge in [-0.3, -0.25) is 0 Å². The van der Waals surface area contributed by atoms with Gasteiger partial charge in [0.15, 0.2) is 0 Å². The summed E-state index contributed by atoms with van der Waals surface area (Å²) in [4.78, 5) is 14.0. The van der Waals surface area contributed by atoms with Crippen LogP contribution in [-0.4, -0.2) is 17.0 Å². The molecule has 1 heterocycles. The lowest BCUT2D eigenvalue weighted by Crippen LogP contribution is -2.24. The van der Waals surface area contributed by atoms with Crippen LogP contribution in [0.5, 0.6) is 0 Å². The van der Waals surface area contributed by atoms with Crippen molar-refractivity contribution in [2.24, 2.45) is 4.99 Å². The van der Waals surface area contributed by atoms with Crippen molar-refractivity contribution in [3.8, 4) is 0 Å². The first-order valence-electron chi connectivity index (χ1n) is 2.25. The molecule has 0 aromatic heterocycles. The van der Waals surface area contributed by atoms with Crippen molar-refractivity contribution in [1.82, 2.24) is 5.32 Å². The Kier molecular flexibility index (Phi) is 1.53. The van der Waals surface area contributed by atoms with Gasteiger partial charge < -0.3 is 5.32 Å². The van der Waals surface area contributed by atoms with Crippen LogP contribution in [0.15, 0.2) is 4.99 Å². The molecule has 2 amide bonds. The largest absolute Gasteiger partial charge is 0.342 e. The Balaban J connectivity index is 2.64. The Morgan fingerprint density at radius 3 is 3.00 bits per heavy atom. The summed E-state index contributed by atoms with van der Waals surface area (Å²) >= 11 is 1.54. The molecule has 8 heavy (non-hydrogen) atoms. The minimum Gasteiger partial charge on any atom is -0.327 e. The fraction of sp³-hybridized carbons (Fsp3) is 0.500. The van der Waals surface area contributed by atoms with E-state index < -0.39 is 0 Å². The highest BCUT2D eigenvalue weighted by Crippen LogP contribution is 2.05. The van der Waals surface area contributed by atoms with Crippen LogP contribution in [0, 0.1) is 0 Å². The molecule has 0 fully saturated rings. The second-order valence-corrected chi connectivity index (χ2v) is 2.57. The zero-order chi connectivity index (χ0) is 5.98. The number of rotatable bonds is 0. The van der Waals surface area contributed by atoms with Gasteiger partial charge in [-0.2, -0.15) is 4.99 Å². The number of carbonyl (C=O) groups is 1. The van der Waals surface area contributed by atoms with Crippen molar-refractivity contribution >= 4 is 22.8 Å². The Morgan fingerprint density at radius 1 is 1.88 bits per heavy atom. The van der Waals surface area contributed by atoms with Crippen molar-refractivity contribution in [2.45, 2.75) is 6.92 Å². The second-order valence-electron chi connectivity index (χ2n) is 1.40. The fourth-order valence-corrected chi connectivity index (χ4v) is 0.969. The Hall–Kier alpha value is -0.510. The number of carbonyl (C=O) groups excluding carboxylic acids is 1. The van der Waals surface area contributed by atoms with Crippen molar-refractivity contribution < 1.29 is 4.79 Å². The minimum absolute atomic E-state index is 0.221. The molecular weight excluding hydrogens is 124 g/mol. The van der Waals surface area contributed by atoms with Gasteiger partial charge in [0.05, 0.1) is 10.9 Å².